The number of aromatic nitrogens is 1. The van der Waals surface area contributed by atoms with Crippen LogP contribution in [0, 0.1) is 13.8 Å². The van der Waals surface area contributed by atoms with E-state index in [9.17, 15) is 9.90 Å². The van der Waals surface area contributed by atoms with Crippen molar-refractivity contribution >= 4 is 17.2 Å². The standard InChI is InChI=1S/C13H21N3O2S/c1-8-12(19-9(2)14-8)13(18)16-7-11(17)5-10(16)6-15(3)4/h10-11,17H,5-7H2,1-4H3. The van der Waals surface area contributed by atoms with Gasteiger partial charge in [0.2, 0.25) is 0 Å². The Morgan fingerprint density at radius 1 is 1.53 bits per heavy atom. The molecule has 1 N–H and O–H groups in total. The minimum atomic E-state index is -0.414. The van der Waals surface area contributed by atoms with Crippen LogP contribution in [0.15, 0.2) is 0 Å². The van der Waals surface area contributed by atoms with Crippen LogP contribution in [-0.2, 0) is 0 Å². The lowest BCUT2D eigenvalue weighted by Gasteiger charge is -2.26. The number of carbonyl (C=O) groups is 1. The Labute approximate surface area is 117 Å². The molecule has 2 heterocycles. The van der Waals surface area contributed by atoms with E-state index >= 15 is 0 Å². The van der Waals surface area contributed by atoms with Crippen molar-refractivity contribution in [2.45, 2.75) is 32.4 Å². The minimum Gasteiger partial charge on any atom is -0.391 e. The molecular formula is C13H21N3O2S. The van der Waals surface area contributed by atoms with Gasteiger partial charge in [0.05, 0.1) is 16.8 Å². The molecule has 1 saturated heterocycles. The number of likely N-dealkylation sites (tertiary alicyclic amines) is 1. The summed E-state index contributed by atoms with van der Waals surface area (Å²) in [6.45, 7) is 4.97. The summed E-state index contributed by atoms with van der Waals surface area (Å²) in [5, 5.41) is 10.7. The van der Waals surface area contributed by atoms with Crippen LogP contribution in [0.4, 0.5) is 0 Å². The third-order valence-electron chi connectivity index (χ3n) is 3.33. The summed E-state index contributed by atoms with van der Waals surface area (Å²) < 4.78 is 0. The molecule has 19 heavy (non-hydrogen) atoms. The number of hydrogen-bond acceptors (Lipinski definition) is 5. The van der Waals surface area contributed by atoms with Crippen LogP contribution in [-0.4, -0.2) is 65.1 Å². The van der Waals surface area contributed by atoms with Gasteiger partial charge in [0, 0.05) is 19.1 Å². The van der Waals surface area contributed by atoms with Crippen molar-refractivity contribution < 1.29 is 9.90 Å². The first-order valence-electron chi connectivity index (χ1n) is 6.46. The predicted molar refractivity (Wildman–Crippen MR) is 75.6 cm³/mol. The molecule has 6 heteroatoms. The number of aliphatic hydroxyl groups excluding tert-OH is 1. The minimum absolute atomic E-state index is 0.00602. The van der Waals surface area contributed by atoms with E-state index in [0.717, 1.165) is 17.2 Å². The van der Waals surface area contributed by atoms with Crippen LogP contribution >= 0.6 is 11.3 Å². The molecule has 0 radical (unpaired) electrons. The van der Waals surface area contributed by atoms with E-state index in [1.807, 2.05) is 32.8 Å². The summed E-state index contributed by atoms with van der Waals surface area (Å²) in [4.78, 5) is 21.4. The smallest absolute Gasteiger partial charge is 0.266 e. The maximum absolute atomic E-state index is 12.6. The molecule has 0 spiro atoms. The number of β-amino-alcohol motifs (C(OH)–C–C–N with tert-alkyl or cyclic N) is 1. The van der Waals surface area contributed by atoms with Crippen LogP contribution in [0.5, 0.6) is 0 Å². The van der Waals surface area contributed by atoms with E-state index < -0.39 is 6.10 Å². The van der Waals surface area contributed by atoms with Gasteiger partial charge in [-0.3, -0.25) is 4.79 Å². The van der Waals surface area contributed by atoms with Crippen molar-refractivity contribution in [3.8, 4) is 0 Å². The number of nitrogens with zero attached hydrogens (tertiary/aromatic N) is 3. The lowest BCUT2D eigenvalue weighted by atomic mass is 10.2. The Morgan fingerprint density at radius 2 is 2.21 bits per heavy atom. The molecule has 2 unspecified atom stereocenters. The molecule has 0 bridgehead atoms. The van der Waals surface area contributed by atoms with E-state index in [2.05, 4.69) is 4.98 Å². The van der Waals surface area contributed by atoms with E-state index in [0.29, 0.717) is 17.8 Å². The molecular weight excluding hydrogens is 262 g/mol. The van der Waals surface area contributed by atoms with Crippen LogP contribution in [0.1, 0.15) is 26.8 Å². The summed E-state index contributed by atoms with van der Waals surface area (Å²) in [6.07, 6.45) is 0.240. The number of thiazole rings is 1. The van der Waals surface area contributed by atoms with Gasteiger partial charge in [-0.25, -0.2) is 4.98 Å². The maximum atomic E-state index is 12.6. The summed E-state index contributed by atoms with van der Waals surface area (Å²) >= 11 is 1.43. The molecule has 1 aliphatic heterocycles. The van der Waals surface area contributed by atoms with Gasteiger partial charge < -0.3 is 14.9 Å². The Hall–Kier alpha value is -0.980. The third-order valence-corrected chi connectivity index (χ3v) is 4.39. The molecule has 1 fully saturated rings. The van der Waals surface area contributed by atoms with Gasteiger partial charge in [0.15, 0.2) is 0 Å². The zero-order valence-corrected chi connectivity index (χ0v) is 12.7. The predicted octanol–water partition coefficient (Wildman–Crippen LogP) is 0.897. The molecule has 2 atom stereocenters. The SMILES string of the molecule is Cc1nc(C)c(C(=O)N2CC(O)CC2CN(C)C)s1. The molecule has 0 aliphatic carbocycles. The fourth-order valence-corrected chi connectivity index (χ4v) is 3.47. The number of likely N-dealkylation sites (N-methyl/N-ethyl adjacent to an activating group) is 1. The van der Waals surface area contributed by atoms with E-state index in [1.165, 1.54) is 11.3 Å². The first-order valence-corrected chi connectivity index (χ1v) is 7.28. The summed E-state index contributed by atoms with van der Waals surface area (Å²) in [5.41, 5.74) is 0.789. The normalized spacial score (nSPS) is 23.4. The van der Waals surface area contributed by atoms with Crippen LogP contribution < -0.4 is 0 Å². The number of rotatable bonds is 3. The largest absolute Gasteiger partial charge is 0.391 e. The number of hydrogen-bond donors (Lipinski definition) is 1. The Morgan fingerprint density at radius 3 is 2.74 bits per heavy atom. The van der Waals surface area contributed by atoms with E-state index in [4.69, 9.17) is 0 Å². The van der Waals surface area contributed by atoms with E-state index in [1.54, 1.807) is 4.90 Å². The second-order valence-corrected chi connectivity index (χ2v) is 6.61. The first-order chi connectivity index (χ1) is 8.88. The van der Waals surface area contributed by atoms with Gasteiger partial charge in [0.25, 0.3) is 5.91 Å². The molecule has 1 amide bonds. The molecule has 1 aromatic heterocycles. The quantitative estimate of drug-likeness (QED) is 0.895. The van der Waals surface area contributed by atoms with E-state index in [-0.39, 0.29) is 11.9 Å². The van der Waals surface area contributed by atoms with Crippen molar-refractivity contribution in [2.24, 2.45) is 0 Å². The topological polar surface area (TPSA) is 56.7 Å². The zero-order chi connectivity index (χ0) is 14.2. The summed E-state index contributed by atoms with van der Waals surface area (Å²) in [7, 11) is 3.96. The Balaban J connectivity index is 2.19. The lowest BCUT2D eigenvalue weighted by Crippen LogP contribution is -2.41. The highest BCUT2D eigenvalue weighted by molar-refractivity contribution is 7.13. The number of aryl methyl sites for hydroxylation is 2. The molecule has 0 saturated carbocycles. The van der Waals surface area contributed by atoms with Crippen LogP contribution in [0.3, 0.4) is 0 Å². The van der Waals surface area contributed by atoms with Crippen molar-refractivity contribution in [3.05, 3.63) is 15.6 Å². The lowest BCUT2D eigenvalue weighted by molar-refractivity contribution is 0.0703. The Kier molecular flexibility index (Phi) is 4.23. The molecule has 106 valence electrons. The van der Waals surface area contributed by atoms with Crippen molar-refractivity contribution in [1.82, 2.24) is 14.8 Å². The van der Waals surface area contributed by atoms with Crippen LogP contribution in [0.2, 0.25) is 0 Å². The highest BCUT2D eigenvalue weighted by atomic mass is 32.1. The second-order valence-electron chi connectivity index (χ2n) is 5.41. The van der Waals surface area contributed by atoms with Gasteiger partial charge in [0.1, 0.15) is 4.88 Å². The van der Waals surface area contributed by atoms with Crippen molar-refractivity contribution in [3.63, 3.8) is 0 Å². The first kappa shape index (κ1) is 14.4. The average Bonchev–Trinajstić information content (AvgIpc) is 2.80. The second kappa shape index (κ2) is 5.56. The van der Waals surface area contributed by atoms with Crippen molar-refractivity contribution in [1.29, 1.82) is 0 Å². The molecule has 0 aromatic carbocycles. The highest BCUT2D eigenvalue weighted by Gasteiger charge is 2.36. The molecule has 5 nitrogen and oxygen atoms in total. The fraction of sp³-hybridized carbons (Fsp3) is 0.692. The molecule has 1 aromatic rings. The van der Waals surface area contributed by atoms with Crippen molar-refractivity contribution in [2.75, 3.05) is 27.2 Å². The third kappa shape index (κ3) is 3.13. The molecule has 1 aliphatic rings. The van der Waals surface area contributed by atoms with Crippen LogP contribution in [0.25, 0.3) is 0 Å². The van der Waals surface area contributed by atoms with Gasteiger partial charge in [-0.15, -0.1) is 11.3 Å². The van der Waals surface area contributed by atoms with Gasteiger partial charge in [-0.05, 0) is 34.4 Å². The highest BCUT2D eigenvalue weighted by Crippen LogP contribution is 2.25. The summed E-state index contributed by atoms with van der Waals surface area (Å²) in [6, 6.07) is 0.0827. The number of carbonyl (C=O) groups excluding carboxylic acids is 1. The maximum Gasteiger partial charge on any atom is 0.266 e. The fourth-order valence-electron chi connectivity index (χ4n) is 2.60. The number of amides is 1. The Bertz CT molecular complexity index is 472. The summed E-state index contributed by atoms with van der Waals surface area (Å²) in [5.74, 6) is 0.00602. The zero-order valence-electron chi connectivity index (χ0n) is 11.9. The average molecular weight is 283 g/mol. The number of aliphatic hydroxyl groups is 1. The monoisotopic (exact) mass is 283 g/mol. The van der Waals surface area contributed by atoms with Gasteiger partial charge >= 0.3 is 0 Å². The molecule has 2 rings (SSSR count). The van der Waals surface area contributed by atoms with Gasteiger partial charge in [-0.2, -0.15) is 0 Å². The van der Waals surface area contributed by atoms with Gasteiger partial charge in [-0.1, -0.05) is 0 Å².